The molecule has 6 heteroatoms. The fourth-order valence-corrected chi connectivity index (χ4v) is 4.41. The van der Waals surface area contributed by atoms with Crippen molar-refractivity contribution in [1.29, 1.82) is 0 Å². The molecule has 0 saturated carbocycles. The van der Waals surface area contributed by atoms with Crippen LogP contribution >= 0.6 is 0 Å². The number of amides is 3. The van der Waals surface area contributed by atoms with Gasteiger partial charge in [0.25, 0.3) is 5.91 Å². The molecule has 1 fully saturated rings. The molecule has 2 aromatic rings. The van der Waals surface area contributed by atoms with E-state index >= 15 is 0 Å². The molecule has 1 atom stereocenters. The van der Waals surface area contributed by atoms with E-state index in [-0.39, 0.29) is 30.2 Å². The highest BCUT2D eigenvalue weighted by molar-refractivity contribution is 5.98. The van der Waals surface area contributed by atoms with Crippen molar-refractivity contribution in [2.24, 2.45) is 0 Å². The molecule has 31 heavy (non-hydrogen) atoms. The summed E-state index contributed by atoms with van der Waals surface area (Å²) < 4.78 is 0. The van der Waals surface area contributed by atoms with E-state index in [9.17, 15) is 14.4 Å². The van der Waals surface area contributed by atoms with Gasteiger partial charge in [0.2, 0.25) is 11.8 Å². The van der Waals surface area contributed by atoms with Gasteiger partial charge in [-0.2, -0.15) is 0 Å². The van der Waals surface area contributed by atoms with Gasteiger partial charge in [-0.3, -0.25) is 14.4 Å². The molecular weight excluding hydrogens is 390 g/mol. The summed E-state index contributed by atoms with van der Waals surface area (Å²) in [7, 11) is 0. The van der Waals surface area contributed by atoms with Crippen LogP contribution in [0.4, 0.5) is 0 Å². The summed E-state index contributed by atoms with van der Waals surface area (Å²) >= 11 is 0. The van der Waals surface area contributed by atoms with E-state index in [1.165, 1.54) is 0 Å². The number of rotatable bonds is 8. The van der Waals surface area contributed by atoms with Crippen molar-refractivity contribution in [3.8, 4) is 0 Å². The summed E-state index contributed by atoms with van der Waals surface area (Å²) in [4.78, 5) is 41.2. The third kappa shape index (κ3) is 4.79. The predicted molar refractivity (Wildman–Crippen MR) is 118 cm³/mol. The van der Waals surface area contributed by atoms with Gasteiger partial charge in [0.1, 0.15) is 0 Å². The molecule has 1 N–H and O–H groups in total. The summed E-state index contributed by atoms with van der Waals surface area (Å²) in [5.41, 5.74) is 3.82. The molecule has 1 unspecified atom stereocenters. The molecule has 0 aromatic heterocycles. The van der Waals surface area contributed by atoms with E-state index in [0.717, 1.165) is 41.6 Å². The minimum Gasteiger partial charge on any atom is -0.356 e. The average Bonchev–Trinajstić information content (AvgIpc) is 3.33. The van der Waals surface area contributed by atoms with Crippen molar-refractivity contribution >= 4 is 17.7 Å². The monoisotopic (exact) mass is 419 g/mol. The zero-order chi connectivity index (χ0) is 21.8. The van der Waals surface area contributed by atoms with Gasteiger partial charge in [0.15, 0.2) is 0 Å². The minimum absolute atomic E-state index is 0.0264. The largest absolute Gasteiger partial charge is 0.356 e. The van der Waals surface area contributed by atoms with Crippen LogP contribution in [0.1, 0.15) is 58.8 Å². The lowest BCUT2D eigenvalue weighted by atomic mass is 10.00. The third-order valence-corrected chi connectivity index (χ3v) is 6.16. The van der Waals surface area contributed by atoms with Crippen LogP contribution in [0.2, 0.25) is 0 Å². The first-order valence-corrected chi connectivity index (χ1v) is 11.0. The number of hydrogen-bond acceptors (Lipinski definition) is 3. The Balaban J connectivity index is 1.40. The van der Waals surface area contributed by atoms with Gasteiger partial charge in [-0.25, -0.2) is 0 Å². The maximum Gasteiger partial charge on any atom is 0.255 e. The summed E-state index contributed by atoms with van der Waals surface area (Å²) in [6.07, 6.45) is 2.51. The Morgan fingerprint density at radius 2 is 1.87 bits per heavy atom. The molecular formula is C25H29N3O3. The molecule has 2 aromatic carbocycles. The van der Waals surface area contributed by atoms with Crippen molar-refractivity contribution in [2.45, 2.75) is 45.2 Å². The van der Waals surface area contributed by atoms with Crippen LogP contribution in [0.15, 0.2) is 48.5 Å². The molecule has 0 aliphatic carbocycles. The Bertz CT molecular complexity index is 970. The lowest BCUT2D eigenvalue weighted by molar-refractivity contribution is -0.127. The average molecular weight is 420 g/mol. The number of benzene rings is 2. The topological polar surface area (TPSA) is 69.7 Å². The molecule has 6 nitrogen and oxygen atoms in total. The van der Waals surface area contributed by atoms with Crippen molar-refractivity contribution in [1.82, 2.24) is 15.1 Å². The van der Waals surface area contributed by atoms with Crippen LogP contribution in [0, 0.1) is 6.92 Å². The standard InChI is InChI=1S/C25H29N3O3/c1-18-9-11-19(12-10-18)22(28-17-20-6-2-3-7-21(20)25(28)31)16-23(29)26-13-5-15-27-14-4-8-24(27)30/h2-3,6-7,9-12,22H,4-5,8,13-17H2,1H3,(H,26,29). The van der Waals surface area contributed by atoms with E-state index in [0.29, 0.717) is 26.1 Å². The molecule has 3 amide bonds. The van der Waals surface area contributed by atoms with Crippen molar-refractivity contribution in [3.63, 3.8) is 0 Å². The minimum atomic E-state index is -0.319. The number of carbonyl (C=O) groups is 3. The number of likely N-dealkylation sites (tertiary alicyclic amines) is 1. The molecule has 2 heterocycles. The van der Waals surface area contributed by atoms with Gasteiger partial charge in [-0.1, -0.05) is 48.0 Å². The fraction of sp³-hybridized carbons (Fsp3) is 0.400. The number of fused-ring (bicyclic) bond motifs is 1. The van der Waals surface area contributed by atoms with Gasteiger partial charge >= 0.3 is 0 Å². The Morgan fingerprint density at radius 1 is 1.10 bits per heavy atom. The summed E-state index contributed by atoms with van der Waals surface area (Å²) in [5.74, 6) is 0.0986. The number of nitrogens with one attached hydrogen (secondary N) is 1. The molecule has 2 aliphatic heterocycles. The number of nitrogens with zero attached hydrogens (tertiary/aromatic N) is 2. The number of aryl methyl sites for hydroxylation is 1. The van der Waals surface area contributed by atoms with Crippen molar-refractivity contribution in [2.75, 3.05) is 19.6 Å². The highest BCUT2D eigenvalue weighted by Crippen LogP contribution is 2.33. The lowest BCUT2D eigenvalue weighted by Crippen LogP contribution is -2.35. The Morgan fingerprint density at radius 3 is 2.58 bits per heavy atom. The second-order valence-electron chi connectivity index (χ2n) is 8.41. The van der Waals surface area contributed by atoms with E-state index in [2.05, 4.69) is 5.32 Å². The zero-order valence-corrected chi connectivity index (χ0v) is 18.0. The third-order valence-electron chi connectivity index (χ3n) is 6.16. The molecule has 0 spiro atoms. The summed E-state index contributed by atoms with van der Waals surface area (Å²) in [5, 5.41) is 2.98. The Kier molecular flexibility index (Phi) is 6.35. The van der Waals surface area contributed by atoms with E-state index in [1.54, 1.807) is 4.90 Å². The summed E-state index contributed by atoms with van der Waals surface area (Å²) in [6.45, 7) is 4.56. The van der Waals surface area contributed by atoms with E-state index < -0.39 is 0 Å². The maximum absolute atomic E-state index is 13.1. The molecule has 162 valence electrons. The Hall–Kier alpha value is -3.15. The zero-order valence-electron chi connectivity index (χ0n) is 18.0. The molecule has 2 aliphatic rings. The molecule has 0 bridgehead atoms. The first-order valence-electron chi connectivity index (χ1n) is 11.0. The SMILES string of the molecule is Cc1ccc(C(CC(=O)NCCCN2CCCC2=O)N2Cc3ccccc3C2=O)cc1. The second-order valence-corrected chi connectivity index (χ2v) is 8.41. The lowest BCUT2D eigenvalue weighted by Gasteiger charge is -2.28. The normalized spacial score (nSPS) is 16.5. The van der Waals surface area contributed by atoms with Crippen LogP contribution in [-0.2, 0) is 16.1 Å². The van der Waals surface area contributed by atoms with Crippen molar-refractivity contribution in [3.05, 3.63) is 70.8 Å². The van der Waals surface area contributed by atoms with Gasteiger partial charge in [-0.05, 0) is 37.0 Å². The van der Waals surface area contributed by atoms with E-state index in [1.807, 2.05) is 60.4 Å². The summed E-state index contributed by atoms with van der Waals surface area (Å²) in [6, 6.07) is 15.4. The molecule has 1 saturated heterocycles. The highest BCUT2D eigenvalue weighted by atomic mass is 16.2. The van der Waals surface area contributed by atoms with Gasteiger partial charge < -0.3 is 15.1 Å². The Labute approximate surface area is 183 Å². The van der Waals surface area contributed by atoms with Crippen LogP contribution in [-0.4, -0.2) is 47.2 Å². The predicted octanol–water partition coefficient (Wildman–Crippen LogP) is 3.21. The van der Waals surface area contributed by atoms with Crippen LogP contribution in [0.25, 0.3) is 0 Å². The fourth-order valence-electron chi connectivity index (χ4n) is 4.41. The first-order chi connectivity index (χ1) is 15.0. The second kappa shape index (κ2) is 9.33. The molecule has 4 rings (SSSR count). The van der Waals surface area contributed by atoms with E-state index in [4.69, 9.17) is 0 Å². The number of carbonyl (C=O) groups excluding carboxylic acids is 3. The van der Waals surface area contributed by atoms with Gasteiger partial charge in [0.05, 0.1) is 12.5 Å². The highest BCUT2D eigenvalue weighted by Gasteiger charge is 2.34. The first kappa shape index (κ1) is 21.1. The quantitative estimate of drug-likeness (QED) is 0.668. The maximum atomic E-state index is 13.1. The number of hydrogen-bond donors (Lipinski definition) is 1. The van der Waals surface area contributed by atoms with Crippen LogP contribution in [0.5, 0.6) is 0 Å². The van der Waals surface area contributed by atoms with Crippen molar-refractivity contribution < 1.29 is 14.4 Å². The van der Waals surface area contributed by atoms with Crippen LogP contribution in [0.3, 0.4) is 0 Å². The smallest absolute Gasteiger partial charge is 0.255 e. The van der Waals surface area contributed by atoms with Gasteiger partial charge in [-0.15, -0.1) is 0 Å². The van der Waals surface area contributed by atoms with Crippen LogP contribution < -0.4 is 5.32 Å². The molecule has 0 radical (unpaired) electrons. The van der Waals surface area contributed by atoms with Gasteiger partial charge in [0, 0.05) is 38.2 Å².